The smallest absolute Gasteiger partial charge is 0.212 e. The van der Waals surface area contributed by atoms with Crippen LogP contribution in [0.5, 0.6) is 11.6 Å². The Morgan fingerprint density at radius 3 is 2.48 bits per heavy atom. The maximum Gasteiger partial charge on any atom is 0.212 e. The van der Waals surface area contributed by atoms with Crippen molar-refractivity contribution in [2.75, 3.05) is 13.7 Å². The quantitative estimate of drug-likeness (QED) is 0.850. The second-order valence-electron chi connectivity index (χ2n) is 4.85. The summed E-state index contributed by atoms with van der Waals surface area (Å²) in [4.78, 5) is 4.14. The third-order valence-corrected chi connectivity index (χ3v) is 3.17. The van der Waals surface area contributed by atoms with Crippen molar-refractivity contribution in [3.63, 3.8) is 0 Å². The van der Waals surface area contributed by atoms with Crippen LogP contribution in [-0.2, 0) is 6.42 Å². The van der Waals surface area contributed by atoms with Gasteiger partial charge in [0.1, 0.15) is 5.75 Å². The molecule has 0 aliphatic rings. The Bertz CT molecular complexity index is 537. The highest BCUT2D eigenvalue weighted by Crippen LogP contribution is 2.21. The zero-order chi connectivity index (χ0) is 15.1. The lowest BCUT2D eigenvalue weighted by atomic mass is 10.0. The summed E-state index contributed by atoms with van der Waals surface area (Å²) in [7, 11) is 1.58. The number of rotatable bonds is 7. The van der Waals surface area contributed by atoms with Gasteiger partial charge >= 0.3 is 0 Å². The van der Waals surface area contributed by atoms with Crippen LogP contribution in [0.3, 0.4) is 0 Å². The minimum absolute atomic E-state index is 0.520. The highest BCUT2D eigenvalue weighted by molar-refractivity contribution is 5.29. The van der Waals surface area contributed by atoms with Crippen LogP contribution in [0.15, 0.2) is 42.6 Å². The van der Waals surface area contributed by atoms with Crippen molar-refractivity contribution in [1.29, 1.82) is 0 Å². The van der Waals surface area contributed by atoms with Gasteiger partial charge in [0.2, 0.25) is 5.88 Å². The lowest BCUT2D eigenvalue weighted by Crippen LogP contribution is -2.03. The molecule has 1 heterocycles. The first-order valence-electron chi connectivity index (χ1n) is 7.12. The molecule has 0 radical (unpaired) electrons. The van der Waals surface area contributed by atoms with Gasteiger partial charge in [-0.3, -0.25) is 0 Å². The van der Waals surface area contributed by atoms with E-state index in [0.29, 0.717) is 18.9 Å². The fourth-order valence-electron chi connectivity index (χ4n) is 2.00. The van der Waals surface area contributed by atoms with Crippen LogP contribution < -0.4 is 9.47 Å². The van der Waals surface area contributed by atoms with Gasteiger partial charge in [0.05, 0.1) is 19.8 Å². The molecule has 1 atom stereocenters. The lowest BCUT2D eigenvalue weighted by molar-refractivity contribution is 0.178. The van der Waals surface area contributed by atoms with Crippen molar-refractivity contribution >= 4 is 0 Å². The average molecular weight is 287 g/mol. The fourth-order valence-corrected chi connectivity index (χ4v) is 2.00. The molecule has 1 N–H and O–H groups in total. The molecule has 2 aromatic rings. The van der Waals surface area contributed by atoms with E-state index >= 15 is 0 Å². The molecular formula is C17H21NO3. The van der Waals surface area contributed by atoms with Gasteiger partial charge < -0.3 is 14.6 Å². The maximum absolute atomic E-state index is 10.3. The highest BCUT2D eigenvalue weighted by Gasteiger charge is 2.09. The Morgan fingerprint density at radius 2 is 1.90 bits per heavy atom. The molecular weight excluding hydrogens is 266 g/mol. The Hall–Kier alpha value is -2.07. The molecule has 1 aromatic heterocycles. The molecule has 0 saturated heterocycles. The molecule has 4 nitrogen and oxygen atoms in total. The van der Waals surface area contributed by atoms with Crippen molar-refractivity contribution in [2.45, 2.75) is 25.9 Å². The SMILES string of the molecule is CCCOc1ccc(C(O)Cc2ccc(OC)nc2)cc1. The first-order valence-corrected chi connectivity index (χ1v) is 7.12. The summed E-state index contributed by atoms with van der Waals surface area (Å²) in [5.41, 5.74) is 1.84. The largest absolute Gasteiger partial charge is 0.494 e. The first kappa shape index (κ1) is 15.3. The number of hydrogen-bond donors (Lipinski definition) is 1. The molecule has 1 unspecified atom stereocenters. The Morgan fingerprint density at radius 1 is 1.14 bits per heavy atom. The highest BCUT2D eigenvalue weighted by atomic mass is 16.5. The van der Waals surface area contributed by atoms with Crippen molar-refractivity contribution in [2.24, 2.45) is 0 Å². The summed E-state index contributed by atoms with van der Waals surface area (Å²) in [6.45, 7) is 2.78. The molecule has 21 heavy (non-hydrogen) atoms. The van der Waals surface area contributed by atoms with E-state index in [2.05, 4.69) is 11.9 Å². The Balaban J connectivity index is 1.96. The Kier molecular flexibility index (Phi) is 5.58. The van der Waals surface area contributed by atoms with E-state index in [9.17, 15) is 5.11 Å². The number of benzene rings is 1. The Labute approximate surface area is 125 Å². The molecule has 0 saturated carbocycles. The molecule has 1 aromatic carbocycles. The van der Waals surface area contributed by atoms with E-state index in [-0.39, 0.29) is 0 Å². The zero-order valence-corrected chi connectivity index (χ0v) is 12.5. The lowest BCUT2D eigenvalue weighted by Gasteiger charge is -2.12. The van der Waals surface area contributed by atoms with Crippen molar-refractivity contribution in [3.05, 3.63) is 53.7 Å². The van der Waals surface area contributed by atoms with E-state index in [4.69, 9.17) is 9.47 Å². The van der Waals surface area contributed by atoms with Crippen molar-refractivity contribution in [3.8, 4) is 11.6 Å². The number of ether oxygens (including phenoxy) is 2. The van der Waals surface area contributed by atoms with E-state index in [0.717, 1.165) is 23.3 Å². The summed E-state index contributed by atoms with van der Waals surface area (Å²) in [6, 6.07) is 11.3. The van der Waals surface area contributed by atoms with Gasteiger partial charge in [-0.2, -0.15) is 0 Å². The molecule has 0 amide bonds. The number of hydrogen-bond acceptors (Lipinski definition) is 4. The second kappa shape index (κ2) is 7.64. The minimum Gasteiger partial charge on any atom is -0.494 e. The van der Waals surface area contributed by atoms with Crippen molar-refractivity contribution < 1.29 is 14.6 Å². The molecule has 0 bridgehead atoms. The van der Waals surface area contributed by atoms with Gasteiger partial charge in [-0.25, -0.2) is 4.98 Å². The van der Waals surface area contributed by atoms with Crippen LogP contribution in [0.4, 0.5) is 0 Å². The molecule has 4 heteroatoms. The summed E-state index contributed by atoms with van der Waals surface area (Å²) < 4.78 is 10.5. The number of pyridine rings is 1. The molecule has 0 aliphatic carbocycles. The molecule has 0 spiro atoms. The monoisotopic (exact) mass is 287 g/mol. The van der Waals surface area contributed by atoms with Crippen LogP contribution >= 0.6 is 0 Å². The topological polar surface area (TPSA) is 51.6 Å². The van der Waals surface area contributed by atoms with Gasteiger partial charge in [-0.15, -0.1) is 0 Å². The predicted octanol–water partition coefficient (Wildman–Crippen LogP) is 3.16. The van der Waals surface area contributed by atoms with E-state index in [1.807, 2.05) is 30.3 Å². The third-order valence-electron chi connectivity index (χ3n) is 3.17. The molecule has 2 rings (SSSR count). The van der Waals surface area contributed by atoms with Crippen LogP contribution in [0.2, 0.25) is 0 Å². The number of nitrogens with zero attached hydrogens (tertiary/aromatic N) is 1. The number of aromatic nitrogens is 1. The van der Waals surface area contributed by atoms with E-state index in [1.165, 1.54) is 0 Å². The average Bonchev–Trinajstić information content (AvgIpc) is 2.54. The van der Waals surface area contributed by atoms with E-state index in [1.54, 1.807) is 19.4 Å². The van der Waals surface area contributed by atoms with Crippen LogP contribution in [0.25, 0.3) is 0 Å². The van der Waals surface area contributed by atoms with Gasteiger partial charge in [-0.1, -0.05) is 25.1 Å². The maximum atomic E-state index is 10.3. The van der Waals surface area contributed by atoms with E-state index < -0.39 is 6.10 Å². The number of aliphatic hydroxyl groups excluding tert-OH is 1. The number of methoxy groups -OCH3 is 1. The standard InChI is InChI=1S/C17H21NO3/c1-3-10-21-15-7-5-14(6-8-15)16(19)11-13-4-9-17(20-2)18-12-13/h4-9,12,16,19H,3,10-11H2,1-2H3. The number of aliphatic hydroxyl groups is 1. The molecule has 0 fully saturated rings. The van der Waals surface area contributed by atoms with Crippen LogP contribution in [-0.4, -0.2) is 23.8 Å². The first-order chi connectivity index (χ1) is 10.2. The predicted molar refractivity (Wildman–Crippen MR) is 81.7 cm³/mol. The minimum atomic E-state index is -0.555. The van der Waals surface area contributed by atoms with Crippen molar-refractivity contribution in [1.82, 2.24) is 4.98 Å². The summed E-state index contributed by atoms with van der Waals surface area (Å²) >= 11 is 0. The fraction of sp³-hybridized carbons (Fsp3) is 0.353. The third kappa shape index (κ3) is 4.46. The summed E-state index contributed by atoms with van der Waals surface area (Å²) in [5, 5.41) is 10.3. The van der Waals surface area contributed by atoms with Gasteiger partial charge in [0, 0.05) is 18.7 Å². The second-order valence-corrected chi connectivity index (χ2v) is 4.85. The summed E-state index contributed by atoms with van der Waals surface area (Å²) in [5.74, 6) is 1.41. The summed E-state index contributed by atoms with van der Waals surface area (Å²) in [6.07, 6.45) is 2.67. The van der Waals surface area contributed by atoms with Gasteiger partial charge in [-0.05, 0) is 29.7 Å². The van der Waals surface area contributed by atoms with Gasteiger partial charge in [0.25, 0.3) is 0 Å². The van der Waals surface area contributed by atoms with Crippen LogP contribution in [0.1, 0.15) is 30.6 Å². The van der Waals surface area contributed by atoms with Gasteiger partial charge in [0.15, 0.2) is 0 Å². The normalized spacial score (nSPS) is 12.0. The molecule has 0 aliphatic heterocycles. The van der Waals surface area contributed by atoms with Crippen LogP contribution in [0, 0.1) is 0 Å². The molecule has 112 valence electrons. The zero-order valence-electron chi connectivity index (χ0n) is 12.5.